The van der Waals surface area contributed by atoms with E-state index in [1.807, 2.05) is 0 Å². The summed E-state index contributed by atoms with van der Waals surface area (Å²) in [6.07, 6.45) is 0. The van der Waals surface area contributed by atoms with Crippen molar-refractivity contribution < 1.29 is 8.78 Å². The molecule has 0 heterocycles. The van der Waals surface area contributed by atoms with Gasteiger partial charge in [-0.15, -0.1) is 0 Å². The Bertz CT molecular complexity index is 336. The molecule has 0 unspecified atom stereocenters. The van der Waals surface area contributed by atoms with Crippen LogP contribution in [0.5, 0.6) is 0 Å². The van der Waals surface area contributed by atoms with Gasteiger partial charge in [-0.25, -0.2) is 14.6 Å². The standard InChI is InChI=1S/C8H9F2N3/c1-12-8(13-11)6-3-2-5(9)4-7(6)10/h2-4H,11H2,1H3,(H,12,13). The molecule has 70 valence electrons. The molecule has 13 heavy (non-hydrogen) atoms. The largest absolute Gasteiger partial charge is 0.308 e. The molecule has 0 spiro atoms. The quantitative estimate of drug-likeness (QED) is 0.294. The summed E-state index contributed by atoms with van der Waals surface area (Å²) < 4.78 is 25.5. The van der Waals surface area contributed by atoms with E-state index in [0.29, 0.717) is 0 Å². The number of nitrogens with zero attached hydrogens (tertiary/aromatic N) is 1. The van der Waals surface area contributed by atoms with Gasteiger partial charge < -0.3 is 5.43 Å². The third-order valence-corrected chi connectivity index (χ3v) is 1.55. The van der Waals surface area contributed by atoms with E-state index >= 15 is 0 Å². The number of hydrogen-bond donors (Lipinski definition) is 2. The highest BCUT2D eigenvalue weighted by Crippen LogP contribution is 2.09. The second-order valence-corrected chi connectivity index (χ2v) is 2.34. The van der Waals surface area contributed by atoms with Crippen LogP contribution in [0.15, 0.2) is 23.2 Å². The molecule has 0 aromatic heterocycles. The van der Waals surface area contributed by atoms with E-state index in [0.717, 1.165) is 12.1 Å². The fraction of sp³-hybridized carbons (Fsp3) is 0.125. The van der Waals surface area contributed by atoms with Crippen molar-refractivity contribution in [1.29, 1.82) is 0 Å². The summed E-state index contributed by atoms with van der Waals surface area (Å²) in [6.45, 7) is 0. The van der Waals surface area contributed by atoms with Gasteiger partial charge in [0.2, 0.25) is 0 Å². The minimum Gasteiger partial charge on any atom is -0.308 e. The number of aliphatic imine (C=N–C) groups is 1. The van der Waals surface area contributed by atoms with Crippen molar-refractivity contribution in [2.24, 2.45) is 10.8 Å². The lowest BCUT2D eigenvalue weighted by Gasteiger charge is -2.05. The molecule has 1 rings (SSSR count). The van der Waals surface area contributed by atoms with Gasteiger partial charge in [0.15, 0.2) is 0 Å². The number of halogens is 2. The summed E-state index contributed by atoms with van der Waals surface area (Å²) in [4.78, 5) is 3.69. The molecule has 0 aliphatic heterocycles. The van der Waals surface area contributed by atoms with E-state index in [9.17, 15) is 8.78 Å². The zero-order chi connectivity index (χ0) is 9.84. The van der Waals surface area contributed by atoms with Gasteiger partial charge >= 0.3 is 0 Å². The first-order valence-corrected chi connectivity index (χ1v) is 3.58. The van der Waals surface area contributed by atoms with Gasteiger partial charge in [0.05, 0.1) is 5.56 Å². The maximum absolute atomic E-state index is 13.1. The second kappa shape index (κ2) is 3.95. The third-order valence-electron chi connectivity index (χ3n) is 1.55. The summed E-state index contributed by atoms with van der Waals surface area (Å²) in [7, 11) is 1.46. The Morgan fingerprint density at radius 1 is 1.46 bits per heavy atom. The topological polar surface area (TPSA) is 50.4 Å². The van der Waals surface area contributed by atoms with Crippen LogP contribution >= 0.6 is 0 Å². The van der Waals surface area contributed by atoms with Crippen molar-refractivity contribution >= 4 is 5.84 Å². The third kappa shape index (κ3) is 2.00. The van der Waals surface area contributed by atoms with Crippen LogP contribution < -0.4 is 11.3 Å². The number of amidine groups is 1. The Labute approximate surface area is 74.2 Å². The second-order valence-electron chi connectivity index (χ2n) is 2.34. The Balaban J connectivity index is 3.15. The molecule has 1 aromatic carbocycles. The van der Waals surface area contributed by atoms with E-state index in [-0.39, 0.29) is 11.4 Å². The van der Waals surface area contributed by atoms with Crippen LogP contribution in [-0.2, 0) is 0 Å². The fourth-order valence-electron chi connectivity index (χ4n) is 0.944. The van der Waals surface area contributed by atoms with Gasteiger partial charge in [-0.05, 0) is 12.1 Å². The van der Waals surface area contributed by atoms with Crippen LogP contribution in [-0.4, -0.2) is 12.9 Å². The zero-order valence-electron chi connectivity index (χ0n) is 7.01. The first kappa shape index (κ1) is 9.60. The molecule has 1 aromatic rings. The van der Waals surface area contributed by atoms with Crippen molar-refractivity contribution in [1.82, 2.24) is 5.43 Å². The lowest BCUT2D eigenvalue weighted by molar-refractivity contribution is 0.581. The summed E-state index contributed by atoms with van der Waals surface area (Å²) >= 11 is 0. The highest BCUT2D eigenvalue weighted by Gasteiger charge is 2.07. The van der Waals surface area contributed by atoms with E-state index < -0.39 is 11.6 Å². The number of rotatable bonds is 1. The molecular formula is C8H9F2N3. The summed E-state index contributed by atoms with van der Waals surface area (Å²) in [6, 6.07) is 3.19. The highest BCUT2D eigenvalue weighted by atomic mass is 19.1. The maximum Gasteiger partial charge on any atom is 0.145 e. The molecule has 0 radical (unpaired) electrons. The van der Waals surface area contributed by atoms with Crippen molar-refractivity contribution in [2.45, 2.75) is 0 Å². The van der Waals surface area contributed by atoms with Crippen LogP contribution in [0.1, 0.15) is 5.56 Å². The maximum atomic E-state index is 13.1. The lowest BCUT2D eigenvalue weighted by atomic mass is 10.2. The van der Waals surface area contributed by atoms with Crippen molar-refractivity contribution in [3.05, 3.63) is 35.4 Å². The molecular weight excluding hydrogens is 176 g/mol. The molecule has 0 bridgehead atoms. The summed E-state index contributed by atoms with van der Waals surface area (Å²) in [5.74, 6) is 3.93. The van der Waals surface area contributed by atoms with Gasteiger partial charge in [-0.1, -0.05) is 0 Å². The Kier molecular flexibility index (Phi) is 2.92. The molecule has 0 saturated carbocycles. The molecule has 5 heteroatoms. The Morgan fingerprint density at radius 2 is 2.15 bits per heavy atom. The normalized spacial score (nSPS) is 11.5. The van der Waals surface area contributed by atoms with Crippen molar-refractivity contribution in [3.8, 4) is 0 Å². The van der Waals surface area contributed by atoms with E-state index in [2.05, 4.69) is 10.4 Å². The average Bonchev–Trinajstić information content (AvgIpc) is 2.10. The van der Waals surface area contributed by atoms with E-state index in [1.54, 1.807) is 0 Å². The molecule has 3 N–H and O–H groups in total. The van der Waals surface area contributed by atoms with Crippen LogP contribution in [0.2, 0.25) is 0 Å². The Hall–Kier alpha value is -1.49. The number of nitrogens with one attached hydrogen (secondary N) is 1. The SMILES string of the molecule is CN=C(NN)c1ccc(F)cc1F. The van der Waals surface area contributed by atoms with Gasteiger partial charge in [0, 0.05) is 13.1 Å². The van der Waals surface area contributed by atoms with Gasteiger partial charge in [-0.2, -0.15) is 0 Å². The highest BCUT2D eigenvalue weighted by molar-refractivity contribution is 5.98. The number of benzene rings is 1. The monoisotopic (exact) mass is 185 g/mol. The molecule has 0 saturated heterocycles. The Morgan fingerprint density at radius 3 is 2.62 bits per heavy atom. The fourth-order valence-corrected chi connectivity index (χ4v) is 0.944. The van der Waals surface area contributed by atoms with Gasteiger partial charge in [0.1, 0.15) is 17.5 Å². The first-order chi connectivity index (χ1) is 6.19. The minimum atomic E-state index is -0.696. The predicted molar refractivity (Wildman–Crippen MR) is 46.1 cm³/mol. The van der Waals surface area contributed by atoms with Gasteiger partial charge in [0.25, 0.3) is 0 Å². The zero-order valence-corrected chi connectivity index (χ0v) is 7.01. The molecule has 3 nitrogen and oxygen atoms in total. The van der Waals surface area contributed by atoms with E-state index in [1.165, 1.54) is 13.1 Å². The molecule has 0 fully saturated rings. The number of hydrazine groups is 1. The van der Waals surface area contributed by atoms with Crippen LogP contribution in [0.4, 0.5) is 8.78 Å². The molecule has 0 aliphatic carbocycles. The number of nitrogens with two attached hydrogens (primary N) is 1. The van der Waals surface area contributed by atoms with Crippen LogP contribution in [0.3, 0.4) is 0 Å². The lowest BCUT2D eigenvalue weighted by Crippen LogP contribution is -2.31. The molecule has 0 amide bonds. The van der Waals surface area contributed by atoms with E-state index in [4.69, 9.17) is 5.84 Å². The summed E-state index contributed by atoms with van der Waals surface area (Å²) in [5, 5.41) is 0. The molecule has 0 atom stereocenters. The summed E-state index contributed by atoms with van der Waals surface area (Å²) in [5.41, 5.74) is 2.36. The van der Waals surface area contributed by atoms with Crippen molar-refractivity contribution in [2.75, 3.05) is 7.05 Å². The number of hydrogen-bond acceptors (Lipinski definition) is 2. The average molecular weight is 185 g/mol. The minimum absolute atomic E-state index is 0.145. The van der Waals surface area contributed by atoms with Crippen molar-refractivity contribution in [3.63, 3.8) is 0 Å². The predicted octanol–water partition coefficient (Wildman–Crippen LogP) is 0.805. The van der Waals surface area contributed by atoms with Crippen LogP contribution in [0, 0.1) is 11.6 Å². The van der Waals surface area contributed by atoms with Gasteiger partial charge in [-0.3, -0.25) is 4.99 Å². The molecule has 0 aliphatic rings. The van der Waals surface area contributed by atoms with Crippen LogP contribution in [0.25, 0.3) is 0 Å². The smallest absolute Gasteiger partial charge is 0.145 e. The first-order valence-electron chi connectivity index (χ1n) is 3.58.